The van der Waals surface area contributed by atoms with E-state index in [4.69, 9.17) is 5.73 Å². The highest BCUT2D eigenvalue weighted by Crippen LogP contribution is 2.35. The van der Waals surface area contributed by atoms with Crippen molar-refractivity contribution < 1.29 is 0 Å². The van der Waals surface area contributed by atoms with Gasteiger partial charge in [0.15, 0.2) is 0 Å². The Balaban J connectivity index is 1.64. The predicted molar refractivity (Wildman–Crippen MR) is 89.5 cm³/mol. The van der Waals surface area contributed by atoms with Crippen LogP contribution in [0, 0.1) is 0 Å². The van der Waals surface area contributed by atoms with Gasteiger partial charge in [-0.15, -0.1) is 0 Å². The number of fused-ring (bicyclic) bond motifs is 2. The molecule has 0 aliphatic heterocycles. The molecule has 21 heavy (non-hydrogen) atoms. The number of nitrogen functional groups attached to an aromatic ring is 1. The SMILES string of the molecule is Nc1ccc2c(c1)CCC2Nc1ccc2ccccc2c1. The first-order valence-corrected chi connectivity index (χ1v) is 7.43. The van der Waals surface area contributed by atoms with E-state index < -0.39 is 0 Å². The third kappa shape index (κ3) is 2.23. The maximum absolute atomic E-state index is 5.87. The molecule has 0 spiro atoms. The zero-order chi connectivity index (χ0) is 14.2. The molecule has 0 amide bonds. The van der Waals surface area contributed by atoms with Crippen LogP contribution in [0.5, 0.6) is 0 Å². The van der Waals surface area contributed by atoms with Crippen molar-refractivity contribution in [3.63, 3.8) is 0 Å². The molecular weight excluding hydrogens is 256 g/mol. The Morgan fingerprint density at radius 3 is 2.67 bits per heavy atom. The number of hydrogen-bond acceptors (Lipinski definition) is 2. The van der Waals surface area contributed by atoms with E-state index in [1.165, 1.54) is 27.6 Å². The van der Waals surface area contributed by atoms with E-state index in [0.717, 1.165) is 18.5 Å². The van der Waals surface area contributed by atoms with Crippen LogP contribution in [0.15, 0.2) is 60.7 Å². The minimum Gasteiger partial charge on any atom is -0.399 e. The van der Waals surface area contributed by atoms with Crippen LogP contribution < -0.4 is 11.1 Å². The third-order valence-electron chi connectivity index (χ3n) is 4.34. The van der Waals surface area contributed by atoms with Crippen molar-refractivity contribution in [2.45, 2.75) is 18.9 Å². The fraction of sp³-hybridized carbons (Fsp3) is 0.158. The van der Waals surface area contributed by atoms with Crippen LogP contribution in [0.25, 0.3) is 10.8 Å². The predicted octanol–water partition coefficient (Wildman–Crippen LogP) is 4.52. The number of hydrogen-bond donors (Lipinski definition) is 2. The van der Waals surface area contributed by atoms with Crippen molar-refractivity contribution in [2.24, 2.45) is 0 Å². The van der Waals surface area contributed by atoms with Crippen molar-refractivity contribution in [3.8, 4) is 0 Å². The monoisotopic (exact) mass is 274 g/mol. The highest BCUT2D eigenvalue weighted by molar-refractivity contribution is 5.85. The van der Waals surface area contributed by atoms with Crippen molar-refractivity contribution in [3.05, 3.63) is 71.8 Å². The molecule has 1 aliphatic rings. The van der Waals surface area contributed by atoms with Crippen LogP contribution in [0.4, 0.5) is 11.4 Å². The molecule has 4 rings (SSSR count). The molecule has 1 atom stereocenters. The molecule has 1 aliphatic carbocycles. The lowest BCUT2D eigenvalue weighted by atomic mass is 10.1. The van der Waals surface area contributed by atoms with Gasteiger partial charge in [-0.1, -0.05) is 36.4 Å². The molecule has 2 heteroatoms. The average Bonchev–Trinajstić information content (AvgIpc) is 2.89. The molecule has 0 bridgehead atoms. The number of aryl methyl sites for hydroxylation is 1. The molecule has 0 fully saturated rings. The molecule has 1 unspecified atom stereocenters. The van der Waals surface area contributed by atoms with E-state index in [0.29, 0.717) is 6.04 Å². The molecule has 0 saturated heterocycles. The van der Waals surface area contributed by atoms with Crippen LogP contribution in [0.1, 0.15) is 23.6 Å². The van der Waals surface area contributed by atoms with Gasteiger partial charge in [-0.05, 0) is 59.0 Å². The normalized spacial score (nSPS) is 16.9. The first-order chi connectivity index (χ1) is 10.3. The summed E-state index contributed by atoms with van der Waals surface area (Å²) in [5.41, 5.74) is 10.7. The number of rotatable bonds is 2. The maximum Gasteiger partial charge on any atom is 0.0519 e. The molecular formula is C19H18N2. The van der Waals surface area contributed by atoms with Crippen molar-refractivity contribution in [1.82, 2.24) is 0 Å². The van der Waals surface area contributed by atoms with Crippen LogP contribution in [0.2, 0.25) is 0 Å². The first-order valence-electron chi connectivity index (χ1n) is 7.43. The van der Waals surface area contributed by atoms with Crippen molar-refractivity contribution >= 4 is 22.1 Å². The highest BCUT2D eigenvalue weighted by atomic mass is 14.9. The Bertz CT molecular complexity index is 808. The fourth-order valence-electron chi connectivity index (χ4n) is 3.27. The summed E-state index contributed by atoms with van der Waals surface area (Å²) in [6.45, 7) is 0. The van der Waals surface area contributed by atoms with Gasteiger partial charge in [-0.3, -0.25) is 0 Å². The maximum atomic E-state index is 5.87. The second kappa shape index (κ2) is 4.81. The summed E-state index contributed by atoms with van der Waals surface area (Å²) >= 11 is 0. The summed E-state index contributed by atoms with van der Waals surface area (Å²) in [5.74, 6) is 0. The van der Waals surface area contributed by atoms with Gasteiger partial charge in [0.25, 0.3) is 0 Å². The van der Waals surface area contributed by atoms with Crippen molar-refractivity contribution in [2.75, 3.05) is 11.1 Å². The van der Waals surface area contributed by atoms with Gasteiger partial charge < -0.3 is 11.1 Å². The molecule has 3 N–H and O–H groups in total. The van der Waals surface area contributed by atoms with E-state index in [2.05, 4.69) is 59.9 Å². The molecule has 3 aromatic rings. The highest BCUT2D eigenvalue weighted by Gasteiger charge is 2.22. The minimum atomic E-state index is 0.391. The minimum absolute atomic E-state index is 0.391. The van der Waals surface area contributed by atoms with Gasteiger partial charge in [0, 0.05) is 11.4 Å². The zero-order valence-electron chi connectivity index (χ0n) is 11.8. The van der Waals surface area contributed by atoms with E-state index in [9.17, 15) is 0 Å². The largest absolute Gasteiger partial charge is 0.399 e. The van der Waals surface area contributed by atoms with Crippen LogP contribution in [-0.4, -0.2) is 0 Å². The first kappa shape index (κ1) is 12.3. The quantitative estimate of drug-likeness (QED) is 0.674. The summed E-state index contributed by atoms with van der Waals surface area (Å²) in [5, 5.41) is 6.22. The van der Waals surface area contributed by atoms with Crippen LogP contribution >= 0.6 is 0 Å². The molecule has 104 valence electrons. The number of nitrogens with one attached hydrogen (secondary N) is 1. The molecule has 0 heterocycles. The standard InChI is InChI=1S/C19H18N2/c20-16-7-9-18-15(11-16)6-10-19(18)21-17-8-5-13-3-1-2-4-14(13)12-17/h1-5,7-9,11-12,19,21H,6,10,20H2. The molecule has 3 aromatic carbocycles. The fourth-order valence-corrected chi connectivity index (χ4v) is 3.27. The Kier molecular flexibility index (Phi) is 2.81. The Morgan fingerprint density at radius 2 is 1.76 bits per heavy atom. The zero-order valence-corrected chi connectivity index (χ0v) is 11.8. The number of benzene rings is 3. The second-order valence-corrected chi connectivity index (χ2v) is 5.76. The Morgan fingerprint density at radius 1 is 0.905 bits per heavy atom. The summed E-state index contributed by atoms with van der Waals surface area (Å²) < 4.78 is 0. The lowest BCUT2D eigenvalue weighted by Gasteiger charge is -2.16. The van der Waals surface area contributed by atoms with Gasteiger partial charge in [-0.25, -0.2) is 0 Å². The van der Waals surface area contributed by atoms with Gasteiger partial charge in [0.2, 0.25) is 0 Å². The summed E-state index contributed by atoms with van der Waals surface area (Å²) in [6.07, 6.45) is 2.23. The van der Waals surface area contributed by atoms with Gasteiger partial charge in [0.05, 0.1) is 6.04 Å². The van der Waals surface area contributed by atoms with Crippen LogP contribution in [0.3, 0.4) is 0 Å². The van der Waals surface area contributed by atoms with E-state index >= 15 is 0 Å². The van der Waals surface area contributed by atoms with E-state index in [1.807, 2.05) is 6.07 Å². The molecule has 0 saturated carbocycles. The summed E-state index contributed by atoms with van der Waals surface area (Å²) in [4.78, 5) is 0. The number of anilines is 2. The number of nitrogens with two attached hydrogens (primary N) is 1. The van der Waals surface area contributed by atoms with Crippen molar-refractivity contribution in [1.29, 1.82) is 0 Å². The summed E-state index contributed by atoms with van der Waals surface area (Å²) in [7, 11) is 0. The Hall–Kier alpha value is -2.48. The van der Waals surface area contributed by atoms with E-state index in [1.54, 1.807) is 0 Å². The lowest BCUT2D eigenvalue weighted by molar-refractivity contribution is 0.762. The smallest absolute Gasteiger partial charge is 0.0519 e. The van der Waals surface area contributed by atoms with Gasteiger partial charge >= 0.3 is 0 Å². The second-order valence-electron chi connectivity index (χ2n) is 5.76. The topological polar surface area (TPSA) is 38.0 Å². The van der Waals surface area contributed by atoms with Gasteiger partial charge in [-0.2, -0.15) is 0 Å². The molecule has 0 radical (unpaired) electrons. The summed E-state index contributed by atoms with van der Waals surface area (Å²) in [6, 6.07) is 21.7. The molecule has 0 aromatic heterocycles. The van der Waals surface area contributed by atoms with E-state index in [-0.39, 0.29) is 0 Å². The van der Waals surface area contributed by atoms with Crippen LogP contribution in [-0.2, 0) is 6.42 Å². The third-order valence-corrected chi connectivity index (χ3v) is 4.34. The van der Waals surface area contributed by atoms with Gasteiger partial charge in [0.1, 0.15) is 0 Å². The lowest BCUT2D eigenvalue weighted by Crippen LogP contribution is -2.07. The average molecular weight is 274 g/mol. The molecule has 2 nitrogen and oxygen atoms in total. The Labute approximate surface area is 124 Å².